The first-order valence-corrected chi connectivity index (χ1v) is 8.54. The molecule has 0 aromatic heterocycles. The molecule has 2 rings (SSSR count). The fourth-order valence-electron chi connectivity index (χ4n) is 2.60. The largest absolute Gasteiger partial charge is 0.450 e. The maximum absolute atomic E-state index is 12.6. The maximum Gasteiger partial charge on any atom is 0.409 e. The van der Waals surface area contributed by atoms with Gasteiger partial charge >= 0.3 is 6.09 Å². The molecule has 0 saturated carbocycles. The number of piperazine rings is 1. The number of hydrogen-bond acceptors (Lipinski definition) is 4. The van der Waals surface area contributed by atoms with Gasteiger partial charge in [-0.3, -0.25) is 9.59 Å². The summed E-state index contributed by atoms with van der Waals surface area (Å²) in [4.78, 5) is 39.5. The maximum atomic E-state index is 12.6. The number of ether oxygens (including phenoxy) is 1. The Hall–Kier alpha value is -2.57. The summed E-state index contributed by atoms with van der Waals surface area (Å²) in [5.41, 5.74) is 1.06. The number of amides is 3. The predicted octanol–water partition coefficient (Wildman–Crippen LogP) is 1.74. The monoisotopic (exact) mass is 347 g/mol. The van der Waals surface area contributed by atoms with Gasteiger partial charge in [0.25, 0.3) is 11.8 Å². The lowest BCUT2D eigenvalue weighted by molar-refractivity contribution is 0.0570. The molecule has 1 saturated heterocycles. The predicted molar refractivity (Wildman–Crippen MR) is 93.5 cm³/mol. The van der Waals surface area contributed by atoms with Crippen LogP contribution in [0.25, 0.3) is 0 Å². The molecule has 7 nitrogen and oxygen atoms in total. The van der Waals surface area contributed by atoms with E-state index in [9.17, 15) is 14.4 Å². The number of carbonyl (C=O) groups excluding carboxylic acids is 3. The van der Waals surface area contributed by atoms with Gasteiger partial charge in [-0.05, 0) is 45.0 Å². The van der Waals surface area contributed by atoms with Gasteiger partial charge in [0, 0.05) is 43.3 Å². The summed E-state index contributed by atoms with van der Waals surface area (Å²) in [7, 11) is 0. The Balaban J connectivity index is 1.93. The highest BCUT2D eigenvalue weighted by Crippen LogP contribution is 2.11. The molecule has 1 aliphatic rings. The SMILES string of the molecule is CCOC(=O)N1CCN(C(=O)c2ccc(C(=O)NC(C)C)cc2)CC1. The van der Waals surface area contributed by atoms with Gasteiger partial charge in [0.15, 0.2) is 0 Å². The van der Waals surface area contributed by atoms with Crippen LogP contribution in [0.5, 0.6) is 0 Å². The summed E-state index contributed by atoms with van der Waals surface area (Å²) in [6.45, 7) is 7.74. The third kappa shape index (κ3) is 4.95. The van der Waals surface area contributed by atoms with E-state index in [1.165, 1.54) is 0 Å². The van der Waals surface area contributed by atoms with Gasteiger partial charge in [-0.2, -0.15) is 0 Å². The van der Waals surface area contributed by atoms with E-state index in [1.54, 1.807) is 41.0 Å². The Kier molecular flexibility index (Phi) is 6.38. The molecule has 0 atom stereocenters. The zero-order valence-electron chi connectivity index (χ0n) is 14.9. The number of carbonyl (C=O) groups is 3. The van der Waals surface area contributed by atoms with Crippen molar-refractivity contribution in [3.63, 3.8) is 0 Å². The van der Waals surface area contributed by atoms with Crippen LogP contribution in [0.4, 0.5) is 4.79 Å². The van der Waals surface area contributed by atoms with Crippen LogP contribution in [-0.2, 0) is 4.74 Å². The van der Waals surface area contributed by atoms with Crippen molar-refractivity contribution in [2.24, 2.45) is 0 Å². The summed E-state index contributed by atoms with van der Waals surface area (Å²) in [6, 6.07) is 6.69. The zero-order chi connectivity index (χ0) is 18.4. The van der Waals surface area contributed by atoms with Gasteiger partial charge in [-0.1, -0.05) is 0 Å². The average molecular weight is 347 g/mol. The minimum atomic E-state index is -0.338. The van der Waals surface area contributed by atoms with Gasteiger partial charge in [-0.25, -0.2) is 4.79 Å². The van der Waals surface area contributed by atoms with Crippen molar-refractivity contribution in [3.8, 4) is 0 Å². The first-order valence-electron chi connectivity index (χ1n) is 8.54. The molecule has 1 fully saturated rings. The second-order valence-corrected chi connectivity index (χ2v) is 6.18. The molecule has 0 bridgehead atoms. The number of nitrogens with zero attached hydrogens (tertiary/aromatic N) is 2. The van der Waals surface area contributed by atoms with E-state index in [-0.39, 0.29) is 23.9 Å². The Morgan fingerprint density at radius 2 is 1.52 bits per heavy atom. The van der Waals surface area contributed by atoms with Gasteiger partial charge in [0.05, 0.1) is 6.61 Å². The average Bonchev–Trinajstić information content (AvgIpc) is 2.61. The minimum Gasteiger partial charge on any atom is -0.450 e. The van der Waals surface area contributed by atoms with E-state index in [2.05, 4.69) is 5.32 Å². The summed E-state index contributed by atoms with van der Waals surface area (Å²) in [5, 5.41) is 2.81. The number of benzene rings is 1. The van der Waals surface area contributed by atoms with Gasteiger partial charge in [-0.15, -0.1) is 0 Å². The molecule has 1 aromatic carbocycles. The minimum absolute atomic E-state index is 0.0597. The summed E-state index contributed by atoms with van der Waals surface area (Å²) in [6.07, 6.45) is -0.338. The van der Waals surface area contributed by atoms with Crippen molar-refractivity contribution in [2.45, 2.75) is 26.8 Å². The van der Waals surface area contributed by atoms with Crippen LogP contribution in [0, 0.1) is 0 Å². The van der Waals surface area contributed by atoms with Crippen molar-refractivity contribution in [1.82, 2.24) is 15.1 Å². The Morgan fingerprint density at radius 1 is 1.00 bits per heavy atom. The summed E-state index contributed by atoms with van der Waals surface area (Å²) >= 11 is 0. The molecule has 0 spiro atoms. The molecule has 3 amide bonds. The summed E-state index contributed by atoms with van der Waals surface area (Å²) in [5.74, 6) is -0.253. The molecule has 0 radical (unpaired) electrons. The van der Waals surface area contributed by atoms with Crippen molar-refractivity contribution in [3.05, 3.63) is 35.4 Å². The van der Waals surface area contributed by atoms with E-state index in [0.29, 0.717) is 43.9 Å². The quantitative estimate of drug-likeness (QED) is 0.900. The lowest BCUT2D eigenvalue weighted by atomic mass is 10.1. The highest BCUT2D eigenvalue weighted by molar-refractivity contribution is 5.98. The van der Waals surface area contributed by atoms with Crippen molar-refractivity contribution in [2.75, 3.05) is 32.8 Å². The normalized spacial score (nSPS) is 14.4. The number of nitrogens with one attached hydrogen (secondary N) is 1. The van der Waals surface area contributed by atoms with Crippen molar-refractivity contribution in [1.29, 1.82) is 0 Å². The van der Waals surface area contributed by atoms with E-state index in [1.807, 2.05) is 13.8 Å². The Bertz CT molecular complexity index is 620. The Morgan fingerprint density at radius 3 is 2.04 bits per heavy atom. The third-order valence-corrected chi connectivity index (χ3v) is 3.91. The smallest absolute Gasteiger partial charge is 0.409 e. The molecule has 0 aliphatic carbocycles. The second-order valence-electron chi connectivity index (χ2n) is 6.18. The molecule has 136 valence electrons. The standard InChI is InChI=1S/C18H25N3O4/c1-4-25-18(24)21-11-9-20(10-12-21)17(23)15-7-5-14(6-8-15)16(22)19-13(2)3/h5-8,13H,4,9-12H2,1-3H3,(H,19,22). The molecule has 25 heavy (non-hydrogen) atoms. The molecule has 0 unspecified atom stereocenters. The number of hydrogen-bond donors (Lipinski definition) is 1. The van der Waals surface area contributed by atoms with Crippen molar-refractivity contribution < 1.29 is 19.1 Å². The van der Waals surface area contributed by atoms with E-state index in [0.717, 1.165) is 0 Å². The fourth-order valence-corrected chi connectivity index (χ4v) is 2.60. The number of rotatable bonds is 4. The van der Waals surface area contributed by atoms with Crippen LogP contribution in [0.3, 0.4) is 0 Å². The van der Waals surface area contributed by atoms with E-state index < -0.39 is 0 Å². The van der Waals surface area contributed by atoms with Crippen molar-refractivity contribution >= 4 is 17.9 Å². The highest BCUT2D eigenvalue weighted by Gasteiger charge is 2.25. The van der Waals surface area contributed by atoms with Crippen LogP contribution >= 0.6 is 0 Å². The molecule has 1 N–H and O–H groups in total. The lowest BCUT2D eigenvalue weighted by Gasteiger charge is -2.34. The van der Waals surface area contributed by atoms with Crippen LogP contribution in [0.2, 0.25) is 0 Å². The fraction of sp³-hybridized carbons (Fsp3) is 0.500. The molecule has 1 aromatic rings. The zero-order valence-corrected chi connectivity index (χ0v) is 14.9. The highest BCUT2D eigenvalue weighted by atomic mass is 16.6. The molecular weight excluding hydrogens is 322 g/mol. The van der Waals surface area contributed by atoms with Crippen LogP contribution < -0.4 is 5.32 Å². The van der Waals surface area contributed by atoms with Gasteiger partial charge < -0.3 is 19.9 Å². The first-order chi connectivity index (χ1) is 11.9. The van der Waals surface area contributed by atoms with Crippen LogP contribution in [0.15, 0.2) is 24.3 Å². The van der Waals surface area contributed by atoms with Gasteiger partial charge in [0.1, 0.15) is 0 Å². The topological polar surface area (TPSA) is 79.0 Å². The van der Waals surface area contributed by atoms with Crippen LogP contribution in [-0.4, -0.2) is 66.5 Å². The second kappa shape index (κ2) is 8.50. The van der Waals surface area contributed by atoms with Gasteiger partial charge in [0.2, 0.25) is 0 Å². The van der Waals surface area contributed by atoms with E-state index in [4.69, 9.17) is 4.74 Å². The first kappa shape index (κ1) is 18.8. The Labute approximate surface area is 147 Å². The summed E-state index contributed by atoms with van der Waals surface area (Å²) < 4.78 is 4.97. The molecular formula is C18H25N3O4. The molecule has 1 aliphatic heterocycles. The van der Waals surface area contributed by atoms with Crippen LogP contribution in [0.1, 0.15) is 41.5 Å². The molecule has 7 heteroatoms. The molecule has 1 heterocycles. The van der Waals surface area contributed by atoms with E-state index >= 15 is 0 Å². The lowest BCUT2D eigenvalue weighted by Crippen LogP contribution is -2.50. The third-order valence-electron chi connectivity index (χ3n) is 3.91.